The monoisotopic (exact) mass is 294 g/mol. The second-order valence-corrected chi connectivity index (χ2v) is 5.98. The smallest absolute Gasteiger partial charge is 0.164 e. The van der Waals surface area contributed by atoms with E-state index < -0.39 is 5.82 Å². The molecule has 0 amide bonds. The minimum absolute atomic E-state index is 0.0931. The number of benzene rings is 1. The molecule has 0 radical (unpaired) electrons. The molecule has 1 aliphatic heterocycles. The van der Waals surface area contributed by atoms with Gasteiger partial charge in [-0.05, 0) is 32.9 Å². The Balaban J connectivity index is 2.08. The van der Waals surface area contributed by atoms with Crippen LogP contribution in [0.5, 0.6) is 0 Å². The summed E-state index contributed by atoms with van der Waals surface area (Å²) in [6.45, 7) is 9.54. The summed E-state index contributed by atoms with van der Waals surface area (Å²) in [5.41, 5.74) is 0.601. The minimum Gasteiger partial charge on any atom is -0.383 e. The molecule has 1 saturated heterocycles. The molecule has 5 heteroatoms. The summed E-state index contributed by atoms with van der Waals surface area (Å²) < 4.78 is 19.2. The predicted molar refractivity (Wildman–Crippen MR) is 81.4 cm³/mol. The molecule has 1 fully saturated rings. The van der Waals surface area contributed by atoms with Crippen LogP contribution < -0.4 is 5.32 Å². The zero-order chi connectivity index (χ0) is 15.5. The standard InChI is InChI=1S/C16H23FN2O2/c1-12(20)15-13(17)5-4-6-14(15)18-11-16(2,3)19-7-9-21-10-8-19/h4-6,18H,7-11H2,1-3H3. The molecule has 0 atom stereocenters. The molecule has 1 N–H and O–H groups in total. The first-order valence-corrected chi connectivity index (χ1v) is 7.28. The minimum atomic E-state index is -0.475. The van der Waals surface area contributed by atoms with Gasteiger partial charge in [0.15, 0.2) is 5.78 Å². The van der Waals surface area contributed by atoms with Gasteiger partial charge in [0.05, 0.1) is 18.8 Å². The molecule has 21 heavy (non-hydrogen) atoms. The van der Waals surface area contributed by atoms with Gasteiger partial charge in [-0.15, -0.1) is 0 Å². The van der Waals surface area contributed by atoms with Gasteiger partial charge in [0, 0.05) is 30.9 Å². The van der Waals surface area contributed by atoms with Crippen LogP contribution in [0.1, 0.15) is 31.1 Å². The summed E-state index contributed by atoms with van der Waals surface area (Å²) >= 11 is 0. The molecule has 0 bridgehead atoms. The first-order chi connectivity index (χ1) is 9.92. The van der Waals surface area contributed by atoms with Crippen LogP contribution in [0.2, 0.25) is 0 Å². The van der Waals surface area contributed by atoms with Gasteiger partial charge in [-0.3, -0.25) is 9.69 Å². The fourth-order valence-corrected chi connectivity index (χ4v) is 2.62. The molecule has 0 unspecified atom stereocenters. The van der Waals surface area contributed by atoms with E-state index in [2.05, 4.69) is 24.1 Å². The lowest BCUT2D eigenvalue weighted by atomic mass is 10.0. The maximum atomic E-state index is 13.8. The van der Waals surface area contributed by atoms with E-state index in [1.54, 1.807) is 12.1 Å². The fraction of sp³-hybridized carbons (Fsp3) is 0.562. The van der Waals surface area contributed by atoms with Gasteiger partial charge in [0.1, 0.15) is 5.82 Å². The lowest BCUT2D eigenvalue weighted by Gasteiger charge is -2.41. The fourth-order valence-electron chi connectivity index (χ4n) is 2.62. The Hall–Kier alpha value is -1.46. The second-order valence-electron chi connectivity index (χ2n) is 5.98. The van der Waals surface area contributed by atoms with E-state index in [-0.39, 0.29) is 16.9 Å². The molecule has 0 aliphatic carbocycles. The van der Waals surface area contributed by atoms with Gasteiger partial charge < -0.3 is 10.1 Å². The number of morpholine rings is 1. The number of ketones is 1. The molecule has 0 aromatic heterocycles. The largest absolute Gasteiger partial charge is 0.383 e. The van der Waals surface area contributed by atoms with E-state index in [4.69, 9.17) is 4.74 Å². The zero-order valence-electron chi connectivity index (χ0n) is 12.9. The molecule has 1 aromatic rings. The van der Waals surface area contributed by atoms with E-state index in [9.17, 15) is 9.18 Å². The Labute approximate surface area is 125 Å². The van der Waals surface area contributed by atoms with Crippen molar-refractivity contribution in [3.05, 3.63) is 29.6 Å². The molecule has 0 spiro atoms. The number of nitrogens with zero attached hydrogens (tertiary/aromatic N) is 1. The van der Waals surface area contributed by atoms with E-state index >= 15 is 0 Å². The highest BCUT2D eigenvalue weighted by Crippen LogP contribution is 2.22. The number of rotatable bonds is 5. The Morgan fingerprint density at radius 1 is 1.38 bits per heavy atom. The van der Waals surface area contributed by atoms with Crippen molar-refractivity contribution in [2.45, 2.75) is 26.3 Å². The van der Waals surface area contributed by atoms with E-state index in [0.29, 0.717) is 12.2 Å². The van der Waals surface area contributed by atoms with Crippen LogP contribution in [0.15, 0.2) is 18.2 Å². The summed E-state index contributed by atoms with van der Waals surface area (Å²) in [7, 11) is 0. The number of halogens is 1. The third-order valence-electron chi connectivity index (χ3n) is 3.94. The Bertz CT molecular complexity index is 511. The van der Waals surface area contributed by atoms with E-state index in [1.165, 1.54) is 13.0 Å². The molecule has 2 rings (SSSR count). The molecular weight excluding hydrogens is 271 g/mol. The molecule has 1 heterocycles. The maximum Gasteiger partial charge on any atom is 0.164 e. The first kappa shape index (κ1) is 15.9. The van der Waals surface area contributed by atoms with E-state index in [0.717, 1.165) is 26.3 Å². The van der Waals surface area contributed by atoms with Crippen molar-refractivity contribution in [2.75, 3.05) is 38.2 Å². The first-order valence-electron chi connectivity index (χ1n) is 7.28. The van der Waals surface area contributed by atoms with Crippen molar-refractivity contribution in [1.82, 2.24) is 4.90 Å². The highest BCUT2D eigenvalue weighted by atomic mass is 19.1. The van der Waals surface area contributed by atoms with Crippen LogP contribution >= 0.6 is 0 Å². The number of nitrogens with one attached hydrogen (secondary N) is 1. The van der Waals surface area contributed by atoms with Crippen LogP contribution in [0.25, 0.3) is 0 Å². The molecule has 0 saturated carbocycles. The topological polar surface area (TPSA) is 41.6 Å². The van der Waals surface area contributed by atoms with Gasteiger partial charge in [0.2, 0.25) is 0 Å². The SMILES string of the molecule is CC(=O)c1c(F)cccc1NCC(C)(C)N1CCOCC1. The Morgan fingerprint density at radius 3 is 2.67 bits per heavy atom. The van der Waals surface area contributed by atoms with Crippen LogP contribution in [-0.2, 0) is 4.74 Å². The van der Waals surface area contributed by atoms with Gasteiger partial charge in [-0.25, -0.2) is 4.39 Å². The van der Waals surface area contributed by atoms with Gasteiger partial charge in [-0.1, -0.05) is 6.07 Å². The lowest BCUT2D eigenvalue weighted by Crippen LogP contribution is -2.53. The van der Waals surface area contributed by atoms with Gasteiger partial charge in [0.25, 0.3) is 0 Å². The maximum absolute atomic E-state index is 13.8. The van der Waals surface area contributed by atoms with Gasteiger partial charge >= 0.3 is 0 Å². The van der Waals surface area contributed by atoms with Crippen molar-refractivity contribution >= 4 is 11.5 Å². The Kier molecular flexibility index (Phi) is 4.96. The molecular formula is C16H23FN2O2. The number of Topliss-reactive ketones (excluding diaryl/α,β-unsaturated/α-hetero) is 1. The molecule has 1 aliphatic rings. The molecule has 4 nitrogen and oxygen atoms in total. The zero-order valence-corrected chi connectivity index (χ0v) is 12.9. The van der Waals surface area contributed by atoms with Crippen LogP contribution in [0.4, 0.5) is 10.1 Å². The molecule has 1 aromatic carbocycles. The number of carbonyl (C=O) groups excluding carboxylic acids is 1. The van der Waals surface area contributed by atoms with E-state index in [1.807, 2.05) is 0 Å². The summed E-state index contributed by atoms with van der Waals surface area (Å²) in [6, 6.07) is 4.68. The quantitative estimate of drug-likeness (QED) is 0.847. The third kappa shape index (κ3) is 3.80. The number of carbonyl (C=O) groups is 1. The van der Waals surface area contributed by atoms with Crippen molar-refractivity contribution in [2.24, 2.45) is 0 Å². The average Bonchev–Trinajstić information content (AvgIpc) is 2.46. The van der Waals surface area contributed by atoms with Crippen molar-refractivity contribution < 1.29 is 13.9 Å². The van der Waals surface area contributed by atoms with Crippen LogP contribution in [0.3, 0.4) is 0 Å². The number of hydrogen-bond acceptors (Lipinski definition) is 4. The summed E-state index contributed by atoms with van der Waals surface area (Å²) in [5, 5.41) is 3.23. The van der Waals surface area contributed by atoms with Crippen molar-refractivity contribution in [3.8, 4) is 0 Å². The summed E-state index contributed by atoms with van der Waals surface area (Å²) in [5.74, 6) is -0.739. The predicted octanol–water partition coefficient (Wildman–Crippen LogP) is 2.55. The van der Waals surface area contributed by atoms with Crippen LogP contribution in [-0.4, -0.2) is 49.1 Å². The average molecular weight is 294 g/mol. The number of anilines is 1. The van der Waals surface area contributed by atoms with Crippen LogP contribution in [0, 0.1) is 5.82 Å². The number of ether oxygens (including phenoxy) is 1. The second kappa shape index (κ2) is 6.54. The highest BCUT2D eigenvalue weighted by molar-refractivity contribution is 5.99. The normalized spacial score (nSPS) is 16.8. The summed E-state index contributed by atoms with van der Waals surface area (Å²) in [6.07, 6.45) is 0. The van der Waals surface area contributed by atoms with Crippen molar-refractivity contribution in [1.29, 1.82) is 0 Å². The third-order valence-corrected chi connectivity index (χ3v) is 3.94. The Morgan fingerprint density at radius 2 is 2.05 bits per heavy atom. The van der Waals surface area contributed by atoms with Gasteiger partial charge in [-0.2, -0.15) is 0 Å². The number of hydrogen-bond donors (Lipinski definition) is 1. The molecule has 116 valence electrons. The summed E-state index contributed by atoms with van der Waals surface area (Å²) in [4.78, 5) is 13.9. The van der Waals surface area contributed by atoms with Crippen molar-refractivity contribution in [3.63, 3.8) is 0 Å². The highest BCUT2D eigenvalue weighted by Gasteiger charge is 2.28. The lowest BCUT2D eigenvalue weighted by molar-refractivity contribution is -0.00568.